The van der Waals surface area contributed by atoms with E-state index in [2.05, 4.69) is 5.32 Å². The number of hydrogen-bond donors (Lipinski definition) is 3. The molecule has 2 fully saturated rings. The van der Waals surface area contributed by atoms with Crippen molar-refractivity contribution in [1.29, 1.82) is 5.26 Å². The maximum Gasteiger partial charge on any atom is 0.488 e. The lowest BCUT2D eigenvalue weighted by atomic mass is 9.79. The van der Waals surface area contributed by atoms with Gasteiger partial charge in [0.25, 0.3) is 0 Å². The summed E-state index contributed by atoms with van der Waals surface area (Å²) < 4.78 is 19.6. The fraction of sp³-hybridized carbons (Fsp3) is 0.571. The number of halogens is 1. The zero-order valence-corrected chi connectivity index (χ0v) is 17.8. The van der Waals surface area contributed by atoms with Crippen molar-refractivity contribution < 1.29 is 28.8 Å². The van der Waals surface area contributed by atoms with E-state index in [1.165, 1.54) is 17.0 Å². The fourth-order valence-corrected chi connectivity index (χ4v) is 4.42. The fourth-order valence-electron chi connectivity index (χ4n) is 4.42. The quantitative estimate of drug-likeness (QED) is 0.594. The molecule has 2 bridgehead atoms. The number of amides is 2. The maximum atomic E-state index is 14.2. The second kappa shape index (κ2) is 8.85. The molecule has 166 valence electrons. The lowest BCUT2D eigenvalue weighted by Gasteiger charge is -2.35. The Hall–Kier alpha value is -2.64. The summed E-state index contributed by atoms with van der Waals surface area (Å²) in [5.74, 6) is -1.10. The summed E-state index contributed by atoms with van der Waals surface area (Å²) in [6.07, 6.45) is 1.62. The molecular weight excluding hydrogens is 404 g/mol. The van der Waals surface area contributed by atoms with Gasteiger partial charge in [-0.1, -0.05) is 12.1 Å². The lowest BCUT2D eigenvalue weighted by Crippen LogP contribution is -2.55. The summed E-state index contributed by atoms with van der Waals surface area (Å²) in [5.41, 5.74) is -0.535. The Kier molecular flexibility index (Phi) is 6.58. The molecule has 1 aromatic carbocycles. The molecule has 3 N–H and O–H groups in total. The Bertz CT molecular complexity index is 898. The normalized spacial score (nSPS) is 23.3. The average molecular weight is 431 g/mol. The van der Waals surface area contributed by atoms with Crippen LogP contribution in [0.5, 0.6) is 0 Å². The monoisotopic (exact) mass is 431 g/mol. The first-order valence-electron chi connectivity index (χ1n) is 10.4. The molecule has 3 rings (SSSR count). The topological polar surface area (TPSA) is 123 Å². The zero-order chi connectivity index (χ0) is 22.9. The standard InChI is InChI=1S/C21H27BFN3O5/c1-21(2,3)31-20(28)26-16-6-4-12(10-16)18(26)19(27)25-15(11-24)9-13-8-14(22(29)30)5-7-17(13)23/h5,7-8,12,15-16,18,29-30H,4,6,9-10H2,1-3H3,(H,25,27)/t12?,15-,16?,18?/m0/s1. The van der Waals surface area contributed by atoms with E-state index in [1.54, 1.807) is 20.8 Å². The molecule has 2 aliphatic rings. The highest BCUT2D eigenvalue weighted by molar-refractivity contribution is 6.58. The predicted molar refractivity (Wildman–Crippen MR) is 110 cm³/mol. The van der Waals surface area contributed by atoms with Crippen LogP contribution in [0, 0.1) is 23.1 Å². The molecule has 31 heavy (non-hydrogen) atoms. The predicted octanol–water partition coefficient (Wildman–Crippen LogP) is 0.844. The summed E-state index contributed by atoms with van der Waals surface area (Å²) in [5, 5.41) is 30.7. The second-order valence-electron chi connectivity index (χ2n) is 9.18. The van der Waals surface area contributed by atoms with Gasteiger partial charge in [-0.05, 0) is 63.0 Å². The van der Waals surface area contributed by atoms with E-state index in [4.69, 9.17) is 4.74 Å². The molecule has 2 amide bonds. The molecule has 0 spiro atoms. The Morgan fingerprint density at radius 3 is 2.71 bits per heavy atom. The molecule has 1 aromatic rings. The molecule has 10 heteroatoms. The van der Waals surface area contributed by atoms with Gasteiger partial charge in [0.2, 0.25) is 5.91 Å². The minimum atomic E-state index is -1.77. The number of rotatable bonds is 5. The molecule has 1 saturated carbocycles. The van der Waals surface area contributed by atoms with Gasteiger partial charge in [-0.25, -0.2) is 9.18 Å². The van der Waals surface area contributed by atoms with Gasteiger partial charge < -0.3 is 20.1 Å². The summed E-state index contributed by atoms with van der Waals surface area (Å²) >= 11 is 0. The van der Waals surface area contributed by atoms with Crippen molar-refractivity contribution in [3.05, 3.63) is 29.6 Å². The van der Waals surface area contributed by atoms with Crippen LogP contribution in [0.15, 0.2) is 18.2 Å². The van der Waals surface area contributed by atoms with Crippen molar-refractivity contribution in [1.82, 2.24) is 10.2 Å². The Balaban J connectivity index is 1.73. The molecular formula is C21H27BFN3O5. The van der Waals surface area contributed by atoms with E-state index >= 15 is 0 Å². The zero-order valence-electron chi connectivity index (χ0n) is 17.8. The highest BCUT2D eigenvalue weighted by Gasteiger charge is 2.52. The van der Waals surface area contributed by atoms with Crippen LogP contribution < -0.4 is 10.8 Å². The summed E-state index contributed by atoms with van der Waals surface area (Å²) in [7, 11) is -1.77. The molecule has 8 nitrogen and oxygen atoms in total. The number of piperidine rings is 1. The highest BCUT2D eigenvalue weighted by atomic mass is 19.1. The number of ether oxygens (including phenoxy) is 1. The first-order chi connectivity index (χ1) is 14.5. The number of hydrogen-bond acceptors (Lipinski definition) is 6. The van der Waals surface area contributed by atoms with E-state index in [1.807, 2.05) is 6.07 Å². The minimum absolute atomic E-state index is 0.0125. The van der Waals surface area contributed by atoms with Crippen molar-refractivity contribution >= 4 is 24.6 Å². The maximum absolute atomic E-state index is 14.2. The summed E-state index contributed by atoms with van der Waals surface area (Å²) in [6, 6.07) is 3.66. The highest BCUT2D eigenvalue weighted by Crippen LogP contribution is 2.43. The van der Waals surface area contributed by atoms with E-state index in [-0.39, 0.29) is 29.4 Å². The van der Waals surface area contributed by atoms with Gasteiger partial charge in [0.15, 0.2) is 0 Å². The molecule has 1 saturated heterocycles. The molecule has 1 aliphatic heterocycles. The van der Waals surface area contributed by atoms with E-state index < -0.39 is 42.6 Å². The third-order valence-electron chi connectivity index (χ3n) is 5.72. The SMILES string of the molecule is CC(C)(C)OC(=O)N1C2CCC(C2)C1C(=O)N[C@H](C#N)Cc1cc(B(O)O)ccc1F. The third kappa shape index (κ3) is 5.17. The van der Waals surface area contributed by atoms with Gasteiger partial charge in [0, 0.05) is 12.5 Å². The Labute approximate surface area is 181 Å². The van der Waals surface area contributed by atoms with Gasteiger partial charge in [0.05, 0.1) is 6.07 Å². The van der Waals surface area contributed by atoms with Crippen LogP contribution in [-0.2, 0) is 16.0 Å². The van der Waals surface area contributed by atoms with Crippen molar-refractivity contribution in [3.8, 4) is 6.07 Å². The number of benzene rings is 1. The Morgan fingerprint density at radius 1 is 1.39 bits per heavy atom. The third-order valence-corrected chi connectivity index (χ3v) is 5.72. The van der Waals surface area contributed by atoms with Crippen LogP contribution in [0.2, 0.25) is 0 Å². The summed E-state index contributed by atoms with van der Waals surface area (Å²) in [6.45, 7) is 5.27. The molecule has 0 radical (unpaired) electrons. The van der Waals surface area contributed by atoms with Crippen LogP contribution >= 0.6 is 0 Å². The second-order valence-corrected chi connectivity index (χ2v) is 9.18. The van der Waals surface area contributed by atoms with Crippen LogP contribution in [-0.4, -0.2) is 57.8 Å². The number of likely N-dealkylation sites (tertiary alicyclic amines) is 1. The van der Waals surface area contributed by atoms with E-state index in [9.17, 15) is 29.3 Å². The number of nitrogens with zero attached hydrogens (tertiary/aromatic N) is 2. The molecule has 0 aromatic heterocycles. The largest absolute Gasteiger partial charge is 0.488 e. The summed E-state index contributed by atoms with van der Waals surface area (Å²) in [4.78, 5) is 27.2. The minimum Gasteiger partial charge on any atom is -0.444 e. The first-order valence-corrected chi connectivity index (χ1v) is 10.4. The van der Waals surface area contributed by atoms with Gasteiger partial charge in [0.1, 0.15) is 23.5 Å². The number of nitrogens with one attached hydrogen (secondary N) is 1. The number of carbonyl (C=O) groups excluding carboxylic acids is 2. The number of fused-ring (bicyclic) bond motifs is 2. The van der Waals surface area contributed by atoms with Crippen LogP contribution in [0.3, 0.4) is 0 Å². The Morgan fingerprint density at radius 2 is 2.10 bits per heavy atom. The first kappa shape index (κ1) is 23.0. The van der Waals surface area contributed by atoms with Gasteiger partial charge in [-0.3, -0.25) is 9.69 Å². The van der Waals surface area contributed by atoms with Gasteiger partial charge in [-0.2, -0.15) is 5.26 Å². The van der Waals surface area contributed by atoms with Crippen LogP contribution in [0.25, 0.3) is 0 Å². The molecule has 1 heterocycles. The van der Waals surface area contributed by atoms with Crippen molar-refractivity contribution in [2.24, 2.45) is 5.92 Å². The van der Waals surface area contributed by atoms with Crippen molar-refractivity contribution in [3.63, 3.8) is 0 Å². The molecule has 3 unspecified atom stereocenters. The average Bonchev–Trinajstić information content (AvgIpc) is 3.28. The van der Waals surface area contributed by atoms with Gasteiger partial charge in [-0.15, -0.1) is 0 Å². The number of nitriles is 1. The molecule has 4 atom stereocenters. The number of carbonyl (C=O) groups is 2. The molecule has 1 aliphatic carbocycles. The lowest BCUT2D eigenvalue weighted by molar-refractivity contribution is -0.128. The van der Waals surface area contributed by atoms with E-state index in [0.29, 0.717) is 6.42 Å². The van der Waals surface area contributed by atoms with Crippen molar-refractivity contribution in [2.75, 3.05) is 0 Å². The smallest absolute Gasteiger partial charge is 0.444 e. The van der Waals surface area contributed by atoms with Crippen LogP contribution in [0.4, 0.5) is 9.18 Å². The van der Waals surface area contributed by atoms with Crippen LogP contribution in [0.1, 0.15) is 45.6 Å². The van der Waals surface area contributed by atoms with E-state index in [0.717, 1.165) is 18.9 Å². The van der Waals surface area contributed by atoms with Crippen molar-refractivity contribution in [2.45, 2.75) is 70.2 Å². The van der Waals surface area contributed by atoms with Gasteiger partial charge >= 0.3 is 13.2 Å².